The Morgan fingerprint density at radius 1 is 0.884 bits per heavy atom. The zero-order valence-corrected chi connectivity index (χ0v) is 26.8. The standard InChI is InChI=1S/C33H45N5O4S/c1-23(2)10-7-11-24(3)35-31(39)30(20-25-12-9-19-34-22-25)37-32(40)36-27-13-8-14-28(21-27)38-43(41,42)29-17-15-26(16-18-29)33(4,5)6/h8-9,12-19,21-24,30,38H,7,10-11,20H2,1-6H3,(H,35,39)(H2,36,37,40)/t24?,30-/m1/s1. The van der Waals surface area contributed by atoms with Gasteiger partial charge in [0.1, 0.15) is 6.04 Å². The van der Waals surface area contributed by atoms with Crippen molar-refractivity contribution in [2.24, 2.45) is 5.92 Å². The first-order valence-corrected chi connectivity index (χ1v) is 16.2. The van der Waals surface area contributed by atoms with E-state index in [4.69, 9.17) is 0 Å². The van der Waals surface area contributed by atoms with Crippen LogP contribution < -0.4 is 20.7 Å². The van der Waals surface area contributed by atoms with Crippen LogP contribution in [0.5, 0.6) is 0 Å². The van der Waals surface area contributed by atoms with E-state index in [9.17, 15) is 18.0 Å². The van der Waals surface area contributed by atoms with E-state index < -0.39 is 22.1 Å². The van der Waals surface area contributed by atoms with E-state index in [1.165, 1.54) is 6.07 Å². The lowest BCUT2D eigenvalue weighted by atomic mass is 9.87. The van der Waals surface area contributed by atoms with Crippen molar-refractivity contribution in [3.05, 3.63) is 84.2 Å². The molecular weight excluding hydrogens is 562 g/mol. The van der Waals surface area contributed by atoms with Crippen molar-refractivity contribution in [3.8, 4) is 0 Å². The number of carbonyl (C=O) groups excluding carboxylic acids is 2. The lowest BCUT2D eigenvalue weighted by molar-refractivity contribution is -0.123. The molecule has 2 aromatic carbocycles. The number of aromatic nitrogens is 1. The number of amides is 3. The summed E-state index contributed by atoms with van der Waals surface area (Å²) >= 11 is 0. The van der Waals surface area contributed by atoms with Crippen LogP contribution in [0.15, 0.2) is 78.0 Å². The highest BCUT2D eigenvalue weighted by Crippen LogP contribution is 2.25. The van der Waals surface area contributed by atoms with Crippen LogP contribution in [0.2, 0.25) is 0 Å². The van der Waals surface area contributed by atoms with Crippen molar-refractivity contribution >= 4 is 33.3 Å². The number of urea groups is 1. The van der Waals surface area contributed by atoms with E-state index in [1.807, 2.05) is 13.0 Å². The molecule has 0 spiro atoms. The number of hydrogen-bond acceptors (Lipinski definition) is 5. The molecule has 0 bridgehead atoms. The molecule has 1 heterocycles. The number of pyridine rings is 1. The zero-order valence-electron chi connectivity index (χ0n) is 26.0. The Bertz CT molecular complexity index is 1450. The maximum Gasteiger partial charge on any atom is 0.319 e. The van der Waals surface area contributed by atoms with Crippen molar-refractivity contribution < 1.29 is 18.0 Å². The molecule has 1 unspecified atom stereocenters. The summed E-state index contributed by atoms with van der Waals surface area (Å²) < 4.78 is 28.6. The van der Waals surface area contributed by atoms with Crippen LogP contribution in [0.3, 0.4) is 0 Å². The SMILES string of the molecule is CC(C)CCCC(C)NC(=O)[C@@H](Cc1cccnc1)NC(=O)Nc1cccc(NS(=O)(=O)c2ccc(C(C)(C)C)cc2)c1. The molecule has 2 atom stereocenters. The van der Waals surface area contributed by atoms with Crippen molar-refractivity contribution in [1.29, 1.82) is 0 Å². The largest absolute Gasteiger partial charge is 0.352 e. The second-order valence-electron chi connectivity index (χ2n) is 12.4. The van der Waals surface area contributed by atoms with Gasteiger partial charge in [-0.25, -0.2) is 13.2 Å². The summed E-state index contributed by atoms with van der Waals surface area (Å²) in [7, 11) is -3.85. The second kappa shape index (κ2) is 15.0. The minimum absolute atomic E-state index is 0.0399. The van der Waals surface area contributed by atoms with Crippen LogP contribution in [0.1, 0.15) is 71.9 Å². The molecule has 232 valence electrons. The molecule has 10 heteroatoms. The predicted molar refractivity (Wildman–Crippen MR) is 173 cm³/mol. The van der Waals surface area contributed by atoms with Gasteiger partial charge in [0.15, 0.2) is 0 Å². The molecule has 4 N–H and O–H groups in total. The van der Waals surface area contributed by atoms with Crippen molar-refractivity contribution in [3.63, 3.8) is 0 Å². The average Bonchev–Trinajstić information content (AvgIpc) is 2.92. The van der Waals surface area contributed by atoms with Crippen molar-refractivity contribution in [2.75, 3.05) is 10.0 Å². The Kier molecular flexibility index (Phi) is 11.7. The highest BCUT2D eigenvalue weighted by molar-refractivity contribution is 7.92. The number of rotatable bonds is 13. The van der Waals surface area contributed by atoms with Crippen LogP contribution in [-0.4, -0.2) is 37.4 Å². The molecular formula is C33H45N5O4S. The Morgan fingerprint density at radius 2 is 1.58 bits per heavy atom. The molecule has 0 aliphatic rings. The van der Waals surface area contributed by atoms with Crippen LogP contribution in [0.4, 0.5) is 16.2 Å². The summed E-state index contributed by atoms with van der Waals surface area (Å²) in [6.07, 6.45) is 6.51. The van der Waals surface area contributed by atoms with E-state index in [0.717, 1.165) is 30.4 Å². The van der Waals surface area contributed by atoms with Gasteiger partial charge < -0.3 is 16.0 Å². The minimum Gasteiger partial charge on any atom is -0.352 e. The van der Waals surface area contributed by atoms with E-state index in [0.29, 0.717) is 11.6 Å². The maximum absolute atomic E-state index is 13.2. The first-order valence-electron chi connectivity index (χ1n) is 14.7. The summed E-state index contributed by atoms with van der Waals surface area (Å²) in [5.74, 6) is 0.315. The number of hydrogen-bond donors (Lipinski definition) is 4. The molecule has 0 saturated carbocycles. The van der Waals surface area contributed by atoms with E-state index in [1.54, 1.807) is 60.9 Å². The van der Waals surface area contributed by atoms with Crippen molar-refractivity contribution in [2.45, 2.75) is 89.6 Å². The normalized spacial score (nSPS) is 13.2. The first kappa shape index (κ1) is 33.6. The molecule has 1 aromatic heterocycles. The highest BCUT2D eigenvalue weighted by atomic mass is 32.2. The molecule has 3 rings (SSSR count). The second-order valence-corrected chi connectivity index (χ2v) is 14.1. The monoisotopic (exact) mass is 607 g/mol. The van der Waals surface area contributed by atoms with Gasteiger partial charge in [0.25, 0.3) is 10.0 Å². The molecule has 9 nitrogen and oxygen atoms in total. The molecule has 43 heavy (non-hydrogen) atoms. The fourth-order valence-electron chi connectivity index (χ4n) is 4.55. The minimum atomic E-state index is -3.85. The van der Waals surface area contributed by atoms with Crippen LogP contribution in [0.25, 0.3) is 0 Å². The quantitative estimate of drug-likeness (QED) is 0.183. The van der Waals surface area contributed by atoms with Gasteiger partial charge in [0.05, 0.1) is 10.6 Å². The number of nitrogens with zero attached hydrogens (tertiary/aromatic N) is 1. The third kappa shape index (κ3) is 11.0. The van der Waals surface area contributed by atoms with E-state index in [2.05, 4.69) is 60.3 Å². The van der Waals surface area contributed by atoms with E-state index >= 15 is 0 Å². The smallest absolute Gasteiger partial charge is 0.319 e. The predicted octanol–water partition coefficient (Wildman–Crippen LogP) is 6.24. The fraction of sp³-hybridized carbons (Fsp3) is 0.424. The fourth-order valence-corrected chi connectivity index (χ4v) is 5.60. The number of carbonyl (C=O) groups is 2. The van der Waals surface area contributed by atoms with Gasteiger partial charge in [-0.2, -0.15) is 0 Å². The van der Waals surface area contributed by atoms with Gasteiger partial charge in [0, 0.05) is 30.5 Å². The third-order valence-corrected chi connectivity index (χ3v) is 8.39. The van der Waals surface area contributed by atoms with Gasteiger partial charge in [-0.15, -0.1) is 0 Å². The van der Waals surface area contributed by atoms with Gasteiger partial charge in [0.2, 0.25) is 5.91 Å². The van der Waals surface area contributed by atoms with Crippen LogP contribution in [0, 0.1) is 5.92 Å². The summed E-state index contributed by atoms with van der Waals surface area (Å²) in [5.41, 5.74) is 2.39. The summed E-state index contributed by atoms with van der Waals surface area (Å²) in [6.45, 7) is 12.5. The molecule has 3 amide bonds. The average molecular weight is 608 g/mol. The first-order chi connectivity index (χ1) is 20.2. The third-order valence-electron chi connectivity index (χ3n) is 7.00. The lowest BCUT2D eigenvalue weighted by Gasteiger charge is -2.22. The van der Waals surface area contributed by atoms with Crippen LogP contribution in [-0.2, 0) is 26.7 Å². The molecule has 0 aliphatic heterocycles. The number of nitrogens with one attached hydrogen (secondary N) is 4. The summed E-state index contributed by atoms with van der Waals surface area (Å²) in [4.78, 5) is 30.5. The topological polar surface area (TPSA) is 129 Å². The zero-order chi connectivity index (χ0) is 31.6. The molecule has 0 aliphatic carbocycles. The lowest BCUT2D eigenvalue weighted by Crippen LogP contribution is -2.51. The molecule has 0 saturated heterocycles. The van der Waals surface area contributed by atoms with E-state index in [-0.39, 0.29) is 34.4 Å². The Morgan fingerprint density at radius 3 is 2.21 bits per heavy atom. The Balaban J connectivity index is 1.67. The Hall–Kier alpha value is -3.92. The molecule has 0 fully saturated rings. The maximum atomic E-state index is 13.2. The molecule has 0 radical (unpaired) electrons. The van der Waals surface area contributed by atoms with Crippen molar-refractivity contribution in [1.82, 2.24) is 15.6 Å². The van der Waals surface area contributed by atoms with Gasteiger partial charge >= 0.3 is 6.03 Å². The number of benzene rings is 2. The van der Waals surface area contributed by atoms with Crippen LogP contribution >= 0.6 is 0 Å². The van der Waals surface area contributed by atoms with Gasteiger partial charge in [-0.05, 0) is 72.2 Å². The van der Waals surface area contributed by atoms with Gasteiger partial charge in [-0.1, -0.05) is 71.7 Å². The number of anilines is 2. The molecule has 3 aromatic rings. The number of sulfonamides is 1. The highest BCUT2D eigenvalue weighted by Gasteiger charge is 2.23. The summed E-state index contributed by atoms with van der Waals surface area (Å²) in [5, 5.41) is 8.53. The van der Waals surface area contributed by atoms with Gasteiger partial charge in [-0.3, -0.25) is 14.5 Å². The summed E-state index contributed by atoms with van der Waals surface area (Å²) in [6, 6.07) is 15.3. The Labute approximate surface area is 256 Å².